The minimum absolute atomic E-state index is 0.128. The predicted octanol–water partition coefficient (Wildman–Crippen LogP) is 4.37. The molecule has 0 fully saturated rings. The van der Waals surface area contributed by atoms with E-state index in [1.54, 1.807) is 26.2 Å². The first-order valence-corrected chi connectivity index (χ1v) is 12.1. The van der Waals surface area contributed by atoms with Gasteiger partial charge in [-0.15, -0.1) is 11.3 Å². The molecule has 0 bridgehead atoms. The van der Waals surface area contributed by atoms with Crippen molar-refractivity contribution >= 4 is 31.5 Å². The highest BCUT2D eigenvalue weighted by molar-refractivity contribution is 7.09. The number of ether oxygens (including phenoxy) is 1. The molecule has 0 unspecified atom stereocenters. The number of nitrogens with one attached hydrogen (secondary N) is 1. The SMILES string of the molecule is CC[Si](CC)(CC)OCc1nc(C(=O)CNC(=O)OC(C)(C)C)cs1. The van der Waals surface area contributed by atoms with Gasteiger partial charge in [0.15, 0.2) is 8.32 Å². The molecule has 1 rings (SSSR count). The molecule has 1 aromatic heterocycles. The molecule has 142 valence electrons. The smallest absolute Gasteiger partial charge is 0.408 e. The predicted molar refractivity (Wildman–Crippen MR) is 103 cm³/mol. The summed E-state index contributed by atoms with van der Waals surface area (Å²) in [4.78, 5) is 28.1. The van der Waals surface area contributed by atoms with Crippen molar-refractivity contribution in [2.24, 2.45) is 0 Å². The highest BCUT2D eigenvalue weighted by Gasteiger charge is 2.29. The third-order valence-electron chi connectivity index (χ3n) is 4.06. The number of ketones is 1. The number of nitrogens with zero attached hydrogens (tertiary/aromatic N) is 1. The van der Waals surface area contributed by atoms with Crippen LogP contribution >= 0.6 is 11.3 Å². The highest BCUT2D eigenvalue weighted by atomic mass is 32.1. The van der Waals surface area contributed by atoms with E-state index in [1.165, 1.54) is 11.3 Å². The normalized spacial score (nSPS) is 12.1. The maximum absolute atomic E-state index is 12.1. The van der Waals surface area contributed by atoms with Gasteiger partial charge in [0.2, 0.25) is 5.78 Å². The topological polar surface area (TPSA) is 77.5 Å². The van der Waals surface area contributed by atoms with E-state index in [-0.39, 0.29) is 12.3 Å². The van der Waals surface area contributed by atoms with Gasteiger partial charge in [0, 0.05) is 5.38 Å². The summed E-state index contributed by atoms with van der Waals surface area (Å²) < 4.78 is 11.3. The molecule has 0 saturated carbocycles. The molecule has 0 radical (unpaired) electrons. The summed E-state index contributed by atoms with van der Waals surface area (Å²) in [5, 5.41) is 4.97. The monoisotopic (exact) mass is 386 g/mol. The van der Waals surface area contributed by atoms with Crippen molar-refractivity contribution in [1.82, 2.24) is 10.3 Å². The summed E-state index contributed by atoms with van der Waals surface area (Å²) in [7, 11) is -1.66. The molecule has 25 heavy (non-hydrogen) atoms. The molecule has 8 heteroatoms. The van der Waals surface area contributed by atoms with Crippen molar-refractivity contribution in [3.8, 4) is 0 Å². The minimum atomic E-state index is -1.66. The Morgan fingerprint density at radius 1 is 1.20 bits per heavy atom. The van der Waals surface area contributed by atoms with Gasteiger partial charge in [-0.25, -0.2) is 9.78 Å². The standard InChI is InChI=1S/C17H30N2O4SSi/c1-7-25(8-2,9-3)22-11-15-19-13(12-24-15)14(20)10-18-16(21)23-17(4,5)6/h12H,7-11H2,1-6H3,(H,18,21). The number of hydrogen-bond donors (Lipinski definition) is 1. The summed E-state index contributed by atoms with van der Waals surface area (Å²) >= 11 is 1.42. The van der Waals surface area contributed by atoms with Crippen LogP contribution in [0.25, 0.3) is 0 Å². The van der Waals surface area contributed by atoms with E-state index in [0.29, 0.717) is 12.3 Å². The van der Waals surface area contributed by atoms with Crippen LogP contribution in [0.5, 0.6) is 0 Å². The summed E-state index contributed by atoms with van der Waals surface area (Å²) in [5.74, 6) is -0.238. The Morgan fingerprint density at radius 2 is 1.80 bits per heavy atom. The number of thiazole rings is 1. The molecule has 1 heterocycles. The Labute approximate surface area is 155 Å². The molecular formula is C17H30N2O4SSi. The molecule has 0 aliphatic carbocycles. The van der Waals surface area contributed by atoms with E-state index in [1.807, 2.05) is 0 Å². The van der Waals surface area contributed by atoms with Crippen LogP contribution in [0.1, 0.15) is 57.0 Å². The summed E-state index contributed by atoms with van der Waals surface area (Å²) in [6.07, 6.45) is -0.607. The van der Waals surface area contributed by atoms with Crippen molar-refractivity contribution in [3.63, 3.8) is 0 Å². The molecule has 0 aromatic carbocycles. The second-order valence-electron chi connectivity index (χ2n) is 6.94. The van der Waals surface area contributed by atoms with Gasteiger partial charge in [0.05, 0.1) is 13.2 Å². The number of hydrogen-bond acceptors (Lipinski definition) is 6. The summed E-state index contributed by atoms with van der Waals surface area (Å²) in [6, 6.07) is 3.24. The lowest BCUT2D eigenvalue weighted by Crippen LogP contribution is -2.35. The first-order valence-electron chi connectivity index (χ1n) is 8.73. The Balaban J connectivity index is 2.54. The molecule has 0 spiro atoms. The maximum atomic E-state index is 12.1. The van der Waals surface area contributed by atoms with Crippen molar-refractivity contribution in [2.45, 2.75) is 71.9 Å². The molecule has 6 nitrogen and oxygen atoms in total. The highest BCUT2D eigenvalue weighted by Crippen LogP contribution is 2.24. The molecule has 0 aliphatic heterocycles. The largest absolute Gasteiger partial charge is 0.444 e. The van der Waals surface area contributed by atoms with Crippen LogP contribution in [0.15, 0.2) is 5.38 Å². The zero-order valence-electron chi connectivity index (χ0n) is 16.1. The second kappa shape index (κ2) is 9.45. The van der Waals surface area contributed by atoms with Crippen LogP contribution in [0.2, 0.25) is 18.1 Å². The molecule has 1 amide bonds. The van der Waals surface area contributed by atoms with Crippen molar-refractivity contribution < 1.29 is 18.8 Å². The minimum Gasteiger partial charge on any atom is -0.444 e. The van der Waals surface area contributed by atoms with Gasteiger partial charge in [-0.3, -0.25) is 4.79 Å². The lowest BCUT2D eigenvalue weighted by Gasteiger charge is -2.27. The summed E-state index contributed by atoms with van der Waals surface area (Å²) in [6.45, 7) is 12.2. The number of aromatic nitrogens is 1. The van der Waals surface area contributed by atoms with E-state index in [2.05, 4.69) is 31.1 Å². The number of carbonyl (C=O) groups excluding carboxylic acids is 2. The van der Waals surface area contributed by atoms with E-state index < -0.39 is 20.0 Å². The van der Waals surface area contributed by atoms with E-state index in [0.717, 1.165) is 23.1 Å². The number of alkyl carbamates (subject to hydrolysis) is 1. The molecule has 0 aliphatic rings. The molecular weight excluding hydrogens is 356 g/mol. The summed E-state index contributed by atoms with van der Waals surface area (Å²) in [5.41, 5.74) is -0.233. The van der Waals surface area contributed by atoms with E-state index in [9.17, 15) is 9.59 Å². The van der Waals surface area contributed by atoms with Crippen molar-refractivity contribution in [3.05, 3.63) is 16.1 Å². The fourth-order valence-corrected chi connectivity index (χ4v) is 5.70. The Morgan fingerprint density at radius 3 is 2.32 bits per heavy atom. The van der Waals surface area contributed by atoms with Gasteiger partial charge in [0.1, 0.15) is 16.3 Å². The third kappa shape index (κ3) is 7.25. The van der Waals surface area contributed by atoms with Gasteiger partial charge < -0.3 is 14.5 Å². The van der Waals surface area contributed by atoms with Gasteiger partial charge >= 0.3 is 6.09 Å². The molecule has 1 N–H and O–H groups in total. The average Bonchev–Trinajstić information content (AvgIpc) is 3.02. The van der Waals surface area contributed by atoms with Gasteiger partial charge in [-0.05, 0) is 38.9 Å². The van der Waals surface area contributed by atoms with Crippen LogP contribution < -0.4 is 5.32 Å². The fraction of sp³-hybridized carbons (Fsp3) is 0.706. The number of amides is 1. The second-order valence-corrected chi connectivity index (χ2v) is 12.7. The Hall–Kier alpha value is -1.25. The first-order chi connectivity index (χ1) is 11.6. The molecule has 0 atom stereocenters. The molecule has 1 aromatic rings. The van der Waals surface area contributed by atoms with Crippen LogP contribution in [0, 0.1) is 0 Å². The zero-order valence-corrected chi connectivity index (χ0v) is 17.9. The van der Waals surface area contributed by atoms with Gasteiger partial charge in [-0.2, -0.15) is 0 Å². The van der Waals surface area contributed by atoms with Crippen molar-refractivity contribution in [1.29, 1.82) is 0 Å². The van der Waals surface area contributed by atoms with E-state index in [4.69, 9.17) is 9.16 Å². The third-order valence-corrected chi connectivity index (χ3v) is 9.51. The molecule has 0 saturated heterocycles. The van der Waals surface area contributed by atoms with Crippen LogP contribution in [-0.4, -0.2) is 37.3 Å². The average molecular weight is 387 g/mol. The van der Waals surface area contributed by atoms with Crippen molar-refractivity contribution in [2.75, 3.05) is 6.54 Å². The van der Waals surface area contributed by atoms with Crippen LogP contribution in [0.3, 0.4) is 0 Å². The van der Waals surface area contributed by atoms with E-state index >= 15 is 0 Å². The van der Waals surface area contributed by atoms with Crippen LogP contribution in [0.4, 0.5) is 4.79 Å². The maximum Gasteiger partial charge on any atom is 0.408 e. The van der Waals surface area contributed by atoms with Gasteiger partial charge in [0.25, 0.3) is 0 Å². The zero-order chi connectivity index (χ0) is 19.1. The Bertz CT molecular complexity index is 571. The quantitative estimate of drug-likeness (QED) is 0.503. The lowest BCUT2D eigenvalue weighted by atomic mass is 10.2. The number of carbonyl (C=O) groups is 2. The van der Waals surface area contributed by atoms with Crippen LogP contribution in [-0.2, 0) is 15.8 Å². The van der Waals surface area contributed by atoms with Gasteiger partial charge in [-0.1, -0.05) is 20.8 Å². The number of Topliss-reactive ketones (excluding diaryl/α,β-unsaturated/α-hetero) is 1. The fourth-order valence-electron chi connectivity index (χ4n) is 2.33. The Kier molecular flexibility index (Phi) is 8.23. The lowest BCUT2D eigenvalue weighted by molar-refractivity contribution is 0.0520. The first kappa shape index (κ1) is 21.8. The number of rotatable bonds is 9.